The van der Waals surface area contributed by atoms with Gasteiger partial charge in [-0.05, 0) is 24.7 Å². The fourth-order valence-electron chi connectivity index (χ4n) is 1.39. The van der Waals surface area contributed by atoms with Gasteiger partial charge in [-0.15, -0.1) is 0 Å². The molecule has 0 unspecified atom stereocenters. The first-order valence-electron chi connectivity index (χ1n) is 5.15. The molecule has 1 aromatic carbocycles. The smallest absolute Gasteiger partial charge is 0.236 e. The van der Waals surface area contributed by atoms with E-state index in [1.165, 1.54) is 0 Å². The minimum atomic E-state index is 0.0719. The summed E-state index contributed by atoms with van der Waals surface area (Å²) < 4.78 is 0. The summed E-state index contributed by atoms with van der Waals surface area (Å²) in [5.41, 5.74) is 0.994. The van der Waals surface area contributed by atoms with E-state index in [1.54, 1.807) is 37.2 Å². The van der Waals surface area contributed by atoms with E-state index in [0.717, 1.165) is 5.56 Å². The molecular weight excluding hydrogens is 204 g/mol. The lowest BCUT2D eigenvalue weighted by atomic mass is 10.2. The molecule has 1 rings (SSSR count). The molecule has 0 spiro atoms. The summed E-state index contributed by atoms with van der Waals surface area (Å²) in [6.07, 6.45) is 0. The Kier molecular flexibility index (Phi) is 4.31. The van der Waals surface area contributed by atoms with Crippen molar-refractivity contribution in [2.45, 2.75) is 6.54 Å². The number of hydrogen-bond donors (Lipinski definition) is 1. The minimum Gasteiger partial charge on any atom is -0.508 e. The van der Waals surface area contributed by atoms with Crippen LogP contribution < -0.4 is 0 Å². The monoisotopic (exact) mass is 222 g/mol. The number of carbonyl (C=O) groups excluding carboxylic acids is 1. The van der Waals surface area contributed by atoms with Crippen LogP contribution in [0.2, 0.25) is 0 Å². The van der Waals surface area contributed by atoms with Crippen LogP contribution in [0, 0.1) is 0 Å². The lowest BCUT2D eigenvalue weighted by Crippen LogP contribution is -2.34. The number of phenolic OH excluding ortho intramolecular Hbond substituents is 1. The Bertz CT molecular complexity index is 364. The average Bonchev–Trinajstić information content (AvgIpc) is 2.16. The van der Waals surface area contributed by atoms with Crippen LogP contribution in [0.15, 0.2) is 24.3 Å². The highest BCUT2D eigenvalue weighted by molar-refractivity contribution is 5.77. The maximum Gasteiger partial charge on any atom is 0.236 e. The second kappa shape index (κ2) is 5.51. The molecule has 1 amide bonds. The maximum atomic E-state index is 11.4. The number of amides is 1. The van der Waals surface area contributed by atoms with Crippen molar-refractivity contribution in [1.29, 1.82) is 0 Å². The Morgan fingerprint density at radius 2 is 2.00 bits per heavy atom. The van der Waals surface area contributed by atoms with Crippen LogP contribution in [0.25, 0.3) is 0 Å². The molecule has 4 heteroatoms. The van der Waals surface area contributed by atoms with Gasteiger partial charge in [-0.1, -0.05) is 12.1 Å². The Balaban J connectivity index is 2.51. The molecule has 0 saturated heterocycles. The number of benzene rings is 1. The fourth-order valence-corrected chi connectivity index (χ4v) is 1.39. The van der Waals surface area contributed by atoms with Gasteiger partial charge in [-0.3, -0.25) is 9.69 Å². The summed E-state index contributed by atoms with van der Waals surface area (Å²) in [5.74, 6) is 0.326. The van der Waals surface area contributed by atoms with Gasteiger partial charge >= 0.3 is 0 Å². The lowest BCUT2D eigenvalue weighted by Gasteiger charge is -2.18. The van der Waals surface area contributed by atoms with Crippen molar-refractivity contribution >= 4 is 5.91 Å². The second-order valence-corrected chi connectivity index (χ2v) is 4.13. The molecule has 88 valence electrons. The number of likely N-dealkylation sites (N-methyl/N-ethyl adjacent to an activating group) is 2. The highest BCUT2D eigenvalue weighted by Gasteiger charge is 2.08. The zero-order chi connectivity index (χ0) is 12.1. The van der Waals surface area contributed by atoms with Crippen molar-refractivity contribution in [2.75, 3.05) is 27.7 Å². The highest BCUT2D eigenvalue weighted by atomic mass is 16.3. The van der Waals surface area contributed by atoms with Crippen LogP contribution in [0.1, 0.15) is 5.56 Å². The molecule has 16 heavy (non-hydrogen) atoms. The van der Waals surface area contributed by atoms with Gasteiger partial charge in [-0.25, -0.2) is 0 Å². The van der Waals surface area contributed by atoms with Crippen LogP contribution in [-0.4, -0.2) is 48.5 Å². The van der Waals surface area contributed by atoms with E-state index in [1.807, 2.05) is 18.0 Å². The normalized spacial score (nSPS) is 10.5. The predicted octanol–water partition coefficient (Wildman–Crippen LogP) is 0.912. The van der Waals surface area contributed by atoms with Crippen molar-refractivity contribution in [2.24, 2.45) is 0 Å². The zero-order valence-corrected chi connectivity index (χ0v) is 9.97. The molecule has 1 aromatic rings. The van der Waals surface area contributed by atoms with Gasteiger partial charge in [0.1, 0.15) is 5.75 Å². The molecule has 0 aliphatic heterocycles. The first-order chi connectivity index (χ1) is 7.49. The summed E-state index contributed by atoms with van der Waals surface area (Å²) in [6.45, 7) is 1.02. The number of rotatable bonds is 4. The number of aromatic hydroxyl groups is 1. The predicted molar refractivity (Wildman–Crippen MR) is 63.1 cm³/mol. The Labute approximate surface area is 96.1 Å². The Morgan fingerprint density at radius 1 is 1.31 bits per heavy atom. The van der Waals surface area contributed by atoms with Crippen LogP contribution in [0.3, 0.4) is 0 Å². The molecular formula is C12H18N2O2. The summed E-state index contributed by atoms with van der Waals surface area (Å²) in [7, 11) is 5.36. The first-order valence-corrected chi connectivity index (χ1v) is 5.15. The molecule has 0 aliphatic carbocycles. The van der Waals surface area contributed by atoms with E-state index in [0.29, 0.717) is 13.1 Å². The largest absolute Gasteiger partial charge is 0.508 e. The number of hydrogen-bond acceptors (Lipinski definition) is 3. The SMILES string of the molecule is CN(CC(=O)N(C)C)Cc1cccc(O)c1. The van der Waals surface area contributed by atoms with Gasteiger partial charge in [0.2, 0.25) is 5.91 Å². The molecule has 4 nitrogen and oxygen atoms in total. The molecule has 0 aromatic heterocycles. The third-order valence-corrected chi connectivity index (χ3v) is 2.27. The van der Waals surface area contributed by atoms with Crippen LogP contribution in [0.5, 0.6) is 5.75 Å². The van der Waals surface area contributed by atoms with Crippen LogP contribution in [0.4, 0.5) is 0 Å². The third kappa shape index (κ3) is 3.90. The molecule has 0 atom stereocenters. The minimum absolute atomic E-state index is 0.0719. The van der Waals surface area contributed by atoms with E-state index in [9.17, 15) is 9.90 Å². The van der Waals surface area contributed by atoms with Crippen molar-refractivity contribution < 1.29 is 9.90 Å². The topological polar surface area (TPSA) is 43.8 Å². The van der Waals surface area contributed by atoms with E-state index in [4.69, 9.17) is 0 Å². The van der Waals surface area contributed by atoms with Crippen molar-refractivity contribution in [3.8, 4) is 5.75 Å². The summed E-state index contributed by atoms with van der Waals surface area (Å²) >= 11 is 0. The van der Waals surface area contributed by atoms with Crippen molar-refractivity contribution in [1.82, 2.24) is 9.80 Å². The molecule has 0 saturated carbocycles. The molecule has 0 aliphatic rings. The van der Waals surface area contributed by atoms with Gasteiger partial charge in [0.05, 0.1) is 6.54 Å². The van der Waals surface area contributed by atoms with Gasteiger partial charge < -0.3 is 10.0 Å². The third-order valence-electron chi connectivity index (χ3n) is 2.27. The average molecular weight is 222 g/mol. The van der Waals surface area contributed by atoms with Crippen molar-refractivity contribution in [3.05, 3.63) is 29.8 Å². The van der Waals surface area contributed by atoms with Gasteiger partial charge in [0.15, 0.2) is 0 Å². The Morgan fingerprint density at radius 3 is 2.56 bits per heavy atom. The first kappa shape index (κ1) is 12.5. The summed E-state index contributed by atoms with van der Waals surface area (Å²) in [4.78, 5) is 14.9. The van der Waals surface area contributed by atoms with E-state index in [2.05, 4.69) is 0 Å². The highest BCUT2D eigenvalue weighted by Crippen LogP contribution is 2.12. The molecule has 0 bridgehead atoms. The quantitative estimate of drug-likeness (QED) is 0.823. The van der Waals surface area contributed by atoms with E-state index in [-0.39, 0.29) is 11.7 Å². The second-order valence-electron chi connectivity index (χ2n) is 4.13. The van der Waals surface area contributed by atoms with Gasteiger partial charge in [-0.2, -0.15) is 0 Å². The number of nitrogens with zero attached hydrogens (tertiary/aromatic N) is 2. The molecule has 0 heterocycles. The summed E-state index contributed by atoms with van der Waals surface area (Å²) in [6, 6.07) is 7.06. The Hall–Kier alpha value is -1.55. The molecule has 0 radical (unpaired) electrons. The lowest BCUT2D eigenvalue weighted by molar-refractivity contribution is -0.129. The molecule has 1 N–H and O–H groups in total. The maximum absolute atomic E-state index is 11.4. The van der Waals surface area contributed by atoms with Crippen molar-refractivity contribution in [3.63, 3.8) is 0 Å². The molecule has 0 fully saturated rings. The summed E-state index contributed by atoms with van der Waals surface area (Å²) in [5, 5.41) is 9.30. The van der Waals surface area contributed by atoms with Gasteiger partial charge in [0, 0.05) is 20.6 Å². The van der Waals surface area contributed by atoms with E-state index >= 15 is 0 Å². The standard InChI is InChI=1S/C12H18N2O2/c1-13(2)12(16)9-14(3)8-10-5-4-6-11(15)7-10/h4-7,15H,8-9H2,1-3H3. The fraction of sp³-hybridized carbons (Fsp3) is 0.417. The van der Waals surface area contributed by atoms with Crippen LogP contribution >= 0.6 is 0 Å². The number of phenols is 1. The van der Waals surface area contributed by atoms with E-state index < -0.39 is 0 Å². The van der Waals surface area contributed by atoms with Gasteiger partial charge in [0.25, 0.3) is 0 Å². The van der Waals surface area contributed by atoms with Crippen LogP contribution in [-0.2, 0) is 11.3 Å². The zero-order valence-electron chi connectivity index (χ0n) is 9.97. The number of carbonyl (C=O) groups is 1.